The Bertz CT molecular complexity index is 441. The van der Waals surface area contributed by atoms with Gasteiger partial charge in [-0.15, -0.1) is 0 Å². The van der Waals surface area contributed by atoms with Crippen LogP contribution < -0.4 is 15.2 Å². The summed E-state index contributed by atoms with van der Waals surface area (Å²) in [6.45, 7) is 0.213. The minimum Gasteiger partial charge on any atom is -0.448 e. The molecule has 0 bridgehead atoms. The quantitative estimate of drug-likeness (QED) is 0.842. The number of rotatable bonds is 2. The molecule has 1 aliphatic carbocycles. The number of fused-ring (bicyclic) bond motifs is 1. The van der Waals surface area contributed by atoms with Gasteiger partial charge in [-0.05, 0) is 30.5 Å². The van der Waals surface area contributed by atoms with Gasteiger partial charge in [-0.2, -0.15) is 0 Å². The first-order valence-corrected chi connectivity index (χ1v) is 6.63. The summed E-state index contributed by atoms with van der Waals surface area (Å²) in [6.07, 6.45) is 4.79. The molecule has 18 heavy (non-hydrogen) atoms. The van der Waals surface area contributed by atoms with Crippen molar-refractivity contribution >= 4 is 0 Å². The van der Waals surface area contributed by atoms with Gasteiger partial charge in [0.05, 0.1) is 6.10 Å². The Morgan fingerprint density at radius 1 is 1.17 bits per heavy atom. The van der Waals surface area contributed by atoms with Crippen molar-refractivity contribution in [2.24, 2.45) is 5.73 Å². The molecule has 1 heterocycles. The minimum atomic E-state index is -0.637. The fourth-order valence-electron chi connectivity index (χ4n) is 2.75. The Hall–Kier alpha value is -1.26. The summed E-state index contributed by atoms with van der Waals surface area (Å²) in [7, 11) is 0. The molecule has 1 atom stereocenters. The molecule has 0 aromatic heterocycles. The van der Waals surface area contributed by atoms with E-state index in [1.165, 1.54) is 6.42 Å². The van der Waals surface area contributed by atoms with Crippen LogP contribution in [0.15, 0.2) is 18.2 Å². The molecule has 1 fully saturated rings. The smallest absolute Gasteiger partial charge is 0.251 e. The van der Waals surface area contributed by atoms with Crippen LogP contribution in [0.5, 0.6) is 11.5 Å². The van der Waals surface area contributed by atoms with E-state index in [2.05, 4.69) is 0 Å². The summed E-state index contributed by atoms with van der Waals surface area (Å²) in [5, 5.41) is 9.74. The molecule has 98 valence electrons. The molecule has 2 aliphatic rings. The molecule has 1 aromatic carbocycles. The second-order valence-electron chi connectivity index (χ2n) is 5.13. The SMILES string of the molecule is NCC(O)c1ccc2c(c1)OC1(CCCCC1)O2. The van der Waals surface area contributed by atoms with E-state index >= 15 is 0 Å². The Labute approximate surface area is 107 Å². The first kappa shape index (κ1) is 11.8. The zero-order valence-corrected chi connectivity index (χ0v) is 10.4. The van der Waals surface area contributed by atoms with Gasteiger partial charge in [0, 0.05) is 19.4 Å². The zero-order chi connectivity index (χ0) is 12.6. The lowest BCUT2D eigenvalue weighted by Gasteiger charge is -2.31. The fraction of sp³-hybridized carbons (Fsp3) is 0.571. The number of benzene rings is 1. The van der Waals surface area contributed by atoms with Gasteiger partial charge in [0.15, 0.2) is 11.5 Å². The highest BCUT2D eigenvalue weighted by Gasteiger charge is 2.42. The lowest BCUT2D eigenvalue weighted by molar-refractivity contribution is -0.105. The Morgan fingerprint density at radius 2 is 1.89 bits per heavy atom. The van der Waals surface area contributed by atoms with Gasteiger partial charge < -0.3 is 20.3 Å². The highest BCUT2D eigenvalue weighted by atomic mass is 16.7. The average Bonchev–Trinajstić information content (AvgIpc) is 2.74. The van der Waals surface area contributed by atoms with E-state index in [0.29, 0.717) is 0 Å². The second kappa shape index (κ2) is 4.44. The molecule has 4 nitrogen and oxygen atoms in total. The number of ether oxygens (including phenoxy) is 2. The predicted molar refractivity (Wildman–Crippen MR) is 67.5 cm³/mol. The maximum atomic E-state index is 9.74. The van der Waals surface area contributed by atoms with Crippen LogP contribution in [0.2, 0.25) is 0 Å². The normalized spacial score (nSPS) is 22.1. The molecule has 1 unspecified atom stereocenters. The van der Waals surface area contributed by atoms with Crippen molar-refractivity contribution in [2.75, 3.05) is 6.54 Å². The number of hydrogen-bond donors (Lipinski definition) is 2. The zero-order valence-electron chi connectivity index (χ0n) is 10.4. The van der Waals surface area contributed by atoms with Crippen LogP contribution in [0.25, 0.3) is 0 Å². The molecule has 1 aromatic rings. The number of nitrogens with two attached hydrogens (primary N) is 1. The molecule has 0 saturated heterocycles. The van der Waals surface area contributed by atoms with Crippen molar-refractivity contribution in [3.05, 3.63) is 23.8 Å². The summed E-state index contributed by atoms with van der Waals surface area (Å²) in [4.78, 5) is 0. The monoisotopic (exact) mass is 249 g/mol. The maximum Gasteiger partial charge on any atom is 0.251 e. The van der Waals surface area contributed by atoms with Gasteiger partial charge in [-0.25, -0.2) is 0 Å². The van der Waals surface area contributed by atoms with Crippen molar-refractivity contribution in [1.29, 1.82) is 0 Å². The third-order valence-electron chi connectivity index (χ3n) is 3.78. The molecular formula is C14H19NO3. The van der Waals surface area contributed by atoms with Crippen molar-refractivity contribution in [3.8, 4) is 11.5 Å². The summed E-state index contributed by atoms with van der Waals surface area (Å²) >= 11 is 0. The van der Waals surface area contributed by atoms with Crippen LogP contribution >= 0.6 is 0 Å². The molecular weight excluding hydrogens is 230 g/mol. The van der Waals surface area contributed by atoms with Crippen molar-refractivity contribution in [2.45, 2.75) is 44.0 Å². The van der Waals surface area contributed by atoms with Crippen molar-refractivity contribution in [3.63, 3.8) is 0 Å². The van der Waals surface area contributed by atoms with Gasteiger partial charge in [0.25, 0.3) is 5.79 Å². The van der Waals surface area contributed by atoms with E-state index < -0.39 is 11.9 Å². The summed E-state index contributed by atoms with van der Waals surface area (Å²) in [5.41, 5.74) is 6.25. The first-order valence-electron chi connectivity index (χ1n) is 6.63. The van der Waals surface area contributed by atoms with Gasteiger partial charge >= 0.3 is 0 Å². The van der Waals surface area contributed by atoms with Crippen LogP contribution in [-0.2, 0) is 0 Å². The standard InChI is InChI=1S/C14H19NO3/c15-9-11(16)10-4-5-12-13(8-10)18-14(17-12)6-2-1-3-7-14/h4-5,8,11,16H,1-3,6-7,9,15H2. The highest BCUT2D eigenvalue weighted by molar-refractivity contribution is 5.46. The van der Waals surface area contributed by atoms with E-state index in [9.17, 15) is 5.11 Å². The fourth-order valence-corrected chi connectivity index (χ4v) is 2.75. The second-order valence-corrected chi connectivity index (χ2v) is 5.13. The minimum absolute atomic E-state index is 0.213. The van der Waals surface area contributed by atoms with Gasteiger partial charge in [0.1, 0.15) is 0 Å². The first-order chi connectivity index (χ1) is 8.72. The summed E-state index contributed by atoms with van der Waals surface area (Å²) in [6, 6.07) is 5.56. The van der Waals surface area contributed by atoms with Gasteiger partial charge in [-0.3, -0.25) is 0 Å². The third-order valence-corrected chi connectivity index (χ3v) is 3.78. The van der Waals surface area contributed by atoms with Crippen LogP contribution in [0.3, 0.4) is 0 Å². The third kappa shape index (κ3) is 1.95. The van der Waals surface area contributed by atoms with Crippen molar-refractivity contribution < 1.29 is 14.6 Å². The largest absolute Gasteiger partial charge is 0.448 e. The molecule has 1 aliphatic heterocycles. The molecule has 1 saturated carbocycles. The average molecular weight is 249 g/mol. The van der Waals surface area contributed by atoms with Crippen LogP contribution in [0.1, 0.15) is 43.8 Å². The number of aliphatic hydroxyl groups excluding tert-OH is 1. The molecule has 0 radical (unpaired) electrons. The lowest BCUT2D eigenvalue weighted by atomic mass is 9.94. The van der Waals surface area contributed by atoms with E-state index in [4.69, 9.17) is 15.2 Å². The maximum absolute atomic E-state index is 9.74. The number of aliphatic hydroxyl groups is 1. The van der Waals surface area contributed by atoms with E-state index in [1.54, 1.807) is 0 Å². The Balaban J connectivity index is 1.84. The molecule has 0 amide bonds. The Kier molecular flexibility index (Phi) is 2.92. The van der Waals surface area contributed by atoms with Gasteiger partial charge in [-0.1, -0.05) is 12.5 Å². The van der Waals surface area contributed by atoms with Crippen molar-refractivity contribution in [1.82, 2.24) is 0 Å². The topological polar surface area (TPSA) is 64.7 Å². The van der Waals surface area contributed by atoms with Crippen LogP contribution in [0.4, 0.5) is 0 Å². The molecule has 3 rings (SSSR count). The molecule has 1 spiro atoms. The highest BCUT2D eigenvalue weighted by Crippen LogP contribution is 2.46. The number of hydrogen-bond acceptors (Lipinski definition) is 4. The summed E-state index contributed by atoms with van der Waals surface area (Å²) < 4.78 is 12.0. The Morgan fingerprint density at radius 3 is 2.61 bits per heavy atom. The molecule has 3 N–H and O–H groups in total. The van der Waals surface area contributed by atoms with Crippen LogP contribution in [-0.4, -0.2) is 17.4 Å². The predicted octanol–water partition coefficient (Wildman–Crippen LogP) is 2.11. The summed E-state index contributed by atoms with van der Waals surface area (Å²) in [5.74, 6) is 1.07. The molecule has 4 heteroatoms. The lowest BCUT2D eigenvalue weighted by Crippen LogP contribution is -2.40. The van der Waals surface area contributed by atoms with Crippen LogP contribution in [0, 0.1) is 0 Å². The van der Waals surface area contributed by atoms with E-state index in [0.717, 1.165) is 42.7 Å². The van der Waals surface area contributed by atoms with E-state index in [1.807, 2.05) is 18.2 Å². The van der Waals surface area contributed by atoms with Gasteiger partial charge in [0.2, 0.25) is 0 Å². The van der Waals surface area contributed by atoms with E-state index in [-0.39, 0.29) is 6.54 Å².